The number of fused-ring (bicyclic) bond motifs is 1. The summed E-state index contributed by atoms with van der Waals surface area (Å²) in [5.74, 6) is -3.25. The highest BCUT2D eigenvalue weighted by Crippen LogP contribution is 2.53. The molecule has 3 unspecified atom stereocenters. The van der Waals surface area contributed by atoms with Crippen molar-refractivity contribution in [3.63, 3.8) is 0 Å². The van der Waals surface area contributed by atoms with Crippen molar-refractivity contribution in [2.75, 3.05) is 40.4 Å². The standard InChI is InChI=1S/C34H36ClF4N5O8S/c1-4-51-31-23(6-5-13-40-31)29-30(42(33(46)47)18-27(35)43(29)20-11-14-41(2)15-12-20)28-22-9-7-19(36)16-24(22)44(32(28)45)53(48,49)26-10-8-21(50-3)17-25(26)52-34(37,38)39/h5-10,13,16-17,20,27,29-30,45H,4,11-12,14-15,18H2,1-3H3,(H,46,47). The summed E-state index contributed by atoms with van der Waals surface area (Å²) in [5, 5.41) is 22.8. The van der Waals surface area contributed by atoms with Gasteiger partial charge in [0.2, 0.25) is 11.8 Å². The lowest BCUT2D eigenvalue weighted by atomic mass is 9.86. The minimum atomic E-state index is -5.34. The Morgan fingerprint density at radius 2 is 1.81 bits per heavy atom. The van der Waals surface area contributed by atoms with E-state index < -0.39 is 67.9 Å². The monoisotopic (exact) mass is 785 g/mol. The Morgan fingerprint density at radius 1 is 1.09 bits per heavy atom. The number of methoxy groups -OCH3 is 1. The lowest BCUT2D eigenvalue weighted by Gasteiger charge is -2.53. The van der Waals surface area contributed by atoms with E-state index in [9.17, 15) is 36.6 Å². The number of piperazine rings is 1. The normalized spacial score (nSPS) is 20.8. The van der Waals surface area contributed by atoms with E-state index in [1.165, 1.54) is 12.3 Å². The predicted molar refractivity (Wildman–Crippen MR) is 183 cm³/mol. The van der Waals surface area contributed by atoms with E-state index in [2.05, 4.69) is 14.6 Å². The fourth-order valence-electron chi connectivity index (χ4n) is 7.26. The van der Waals surface area contributed by atoms with E-state index in [4.69, 9.17) is 21.1 Å². The Morgan fingerprint density at radius 3 is 2.45 bits per heavy atom. The molecule has 4 heterocycles. The number of pyridine rings is 1. The first-order valence-corrected chi connectivity index (χ1v) is 18.3. The maximum Gasteiger partial charge on any atom is 0.573 e. The maximum atomic E-state index is 15.0. The third-order valence-corrected chi connectivity index (χ3v) is 11.6. The molecular weight excluding hydrogens is 750 g/mol. The molecule has 2 aromatic carbocycles. The second-order valence-electron chi connectivity index (χ2n) is 12.6. The quantitative estimate of drug-likeness (QED) is 0.114. The van der Waals surface area contributed by atoms with Crippen LogP contribution in [-0.4, -0.2) is 107 Å². The second kappa shape index (κ2) is 14.7. The molecule has 53 heavy (non-hydrogen) atoms. The molecule has 19 heteroatoms. The number of carboxylic acid groups (broad SMARTS) is 1. The molecule has 13 nitrogen and oxygen atoms in total. The van der Waals surface area contributed by atoms with Crippen molar-refractivity contribution in [1.82, 2.24) is 23.7 Å². The van der Waals surface area contributed by atoms with Crippen LogP contribution >= 0.6 is 11.6 Å². The molecule has 0 saturated carbocycles. The summed E-state index contributed by atoms with van der Waals surface area (Å²) >= 11 is 7.07. The molecule has 1 amide bonds. The summed E-state index contributed by atoms with van der Waals surface area (Å²) in [6, 6.07) is 6.02. The van der Waals surface area contributed by atoms with Gasteiger partial charge in [0.05, 0.1) is 37.9 Å². The zero-order valence-electron chi connectivity index (χ0n) is 28.6. The van der Waals surface area contributed by atoms with E-state index in [0.29, 0.717) is 37.6 Å². The Labute approximate surface area is 306 Å². The molecule has 4 aromatic rings. The molecule has 0 radical (unpaired) electrons. The number of aromatic hydroxyl groups is 1. The molecule has 2 aliphatic heterocycles. The van der Waals surface area contributed by atoms with Crippen LogP contribution in [0.2, 0.25) is 0 Å². The van der Waals surface area contributed by atoms with Crippen molar-refractivity contribution < 1.29 is 55.2 Å². The lowest BCUT2D eigenvalue weighted by molar-refractivity contribution is -0.275. The molecule has 2 fully saturated rings. The summed E-state index contributed by atoms with van der Waals surface area (Å²) in [6.45, 7) is 2.96. The first kappa shape index (κ1) is 38.2. The Bertz CT molecular complexity index is 2110. The van der Waals surface area contributed by atoms with Crippen molar-refractivity contribution in [2.45, 2.75) is 54.6 Å². The number of hydrogen-bond acceptors (Lipinski definition) is 10. The van der Waals surface area contributed by atoms with Crippen LogP contribution in [0.3, 0.4) is 0 Å². The van der Waals surface area contributed by atoms with Gasteiger partial charge in [-0.05, 0) is 76.3 Å². The van der Waals surface area contributed by atoms with Crippen molar-refractivity contribution in [3.8, 4) is 23.3 Å². The van der Waals surface area contributed by atoms with Gasteiger partial charge in [0.25, 0.3) is 10.0 Å². The number of likely N-dealkylation sites (tertiary alicyclic amines) is 1. The number of ether oxygens (including phenoxy) is 3. The molecule has 2 saturated heterocycles. The van der Waals surface area contributed by atoms with Gasteiger partial charge in [-0.25, -0.2) is 26.6 Å². The fourth-order valence-corrected chi connectivity index (χ4v) is 9.22. The van der Waals surface area contributed by atoms with Crippen molar-refractivity contribution in [1.29, 1.82) is 0 Å². The van der Waals surface area contributed by atoms with Gasteiger partial charge in [-0.15, -0.1) is 24.8 Å². The molecule has 3 atom stereocenters. The summed E-state index contributed by atoms with van der Waals surface area (Å²) in [4.78, 5) is 21.5. The van der Waals surface area contributed by atoms with E-state index in [1.54, 1.807) is 19.1 Å². The molecular formula is C34H36ClF4N5O8S. The average Bonchev–Trinajstić information content (AvgIpc) is 3.38. The lowest BCUT2D eigenvalue weighted by Crippen LogP contribution is -2.59. The largest absolute Gasteiger partial charge is 0.573 e. The summed E-state index contributed by atoms with van der Waals surface area (Å²) < 4.78 is 100.0. The topological polar surface area (TPSA) is 147 Å². The number of alkyl halides is 4. The molecule has 2 aromatic heterocycles. The SMILES string of the molecule is CCOc1ncccc1C1C(c2c(O)n(S(=O)(=O)c3ccc(OC)cc3OC(F)(F)F)c3cc(F)ccc23)N(C(=O)O)CC(Cl)N1C1CCN(C)CC1. The Kier molecular flexibility index (Phi) is 10.6. The number of carbonyl (C=O) groups is 1. The number of aromatic nitrogens is 2. The number of amides is 1. The summed E-state index contributed by atoms with van der Waals surface area (Å²) in [5.41, 5.74) is -1.30. The number of piperidine rings is 1. The maximum absolute atomic E-state index is 15.0. The molecule has 286 valence electrons. The number of nitrogens with zero attached hydrogens (tertiary/aromatic N) is 5. The van der Waals surface area contributed by atoms with Gasteiger partial charge in [0, 0.05) is 34.8 Å². The summed E-state index contributed by atoms with van der Waals surface area (Å²) in [7, 11) is -2.16. The number of benzene rings is 2. The van der Waals surface area contributed by atoms with E-state index in [-0.39, 0.29) is 45.7 Å². The molecule has 0 spiro atoms. The van der Waals surface area contributed by atoms with Crippen LogP contribution in [-0.2, 0) is 10.0 Å². The first-order valence-electron chi connectivity index (χ1n) is 16.5. The minimum Gasteiger partial charge on any atom is -0.497 e. The smallest absolute Gasteiger partial charge is 0.497 e. The van der Waals surface area contributed by atoms with Gasteiger partial charge in [-0.1, -0.05) is 6.07 Å². The predicted octanol–water partition coefficient (Wildman–Crippen LogP) is 6.16. The van der Waals surface area contributed by atoms with E-state index >= 15 is 4.39 Å². The van der Waals surface area contributed by atoms with Crippen LogP contribution in [0.15, 0.2) is 59.6 Å². The van der Waals surface area contributed by atoms with Gasteiger partial charge in [0.1, 0.15) is 22.0 Å². The molecule has 2 aliphatic rings. The highest BCUT2D eigenvalue weighted by molar-refractivity contribution is 7.90. The highest BCUT2D eigenvalue weighted by Gasteiger charge is 2.51. The molecule has 2 N–H and O–H groups in total. The number of rotatable bonds is 9. The van der Waals surface area contributed by atoms with Crippen LogP contribution < -0.4 is 14.2 Å². The van der Waals surface area contributed by atoms with Gasteiger partial charge in [-0.2, -0.15) is 0 Å². The van der Waals surface area contributed by atoms with Crippen LogP contribution in [0.25, 0.3) is 10.9 Å². The highest BCUT2D eigenvalue weighted by atomic mass is 35.5. The van der Waals surface area contributed by atoms with Crippen LogP contribution in [0.1, 0.15) is 43.0 Å². The van der Waals surface area contributed by atoms with E-state index in [1.807, 2.05) is 11.9 Å². The third-order valence-electron chi connectivity index (χ3n) is 9.48. The zero-order chi connectivity index (χ0) is 38.4. The minimum absolute atomic E-state index is 0.0984. The van der Waals surface area contributed by atoms with Crippen molar-refractivity contribution >= 4 is 38.6 Å². The van der Waals surface area contributed by atoms with Crippen LogP contribution in [0.4, 0.5) is 22.4 Å². The number of hydrogen-bond donors (Lipinski definition) is 2. The van der Waals surface area contributed by atoms with Crippen molar-refractivity contribution in [3.05, 3.63) is 71.7 Å². The van der Waals surface area contributed by atoms with Gasteiger partial charge in [-0.3, -0.25) is 9.80 Å². The van der Waals surface area contributed by atoms with Gasteiger partial charge in [0.15, 0.2) is 5.75 Å². The Balaban J connectivity index is 1.66. The second-order valence-corrected chi connectivity index (χ2v) is 14.9. The van der Waals surface area contributed by atoms with Gasteiger partial charge >= 0.3 is 12.5 Å². The summed E-state index contributed by atoms with van der Waals surface area (Å²) in [6.07, 6.45) is -4.10. The molecule has 6 rings (SSSR count). The van der Waals surface area contributed by atoms with Gasteiger partial charge < -0.3 is 29.3 Å². The van der Waals surface area contributed by atoms with Crippen LogP contribution in [0, 0.1) is 5.82 Å². The molecule has 0 aliphatic carbocycles. The molecule has 0 bridgehead atoms. The first-order chi connectivity index (χ1) is 25.1. The Hall–Kier alpha value is -4.52. The zero-order valence-corrected chi connectivity index (χ0v) is 30.2. The van der Waals surface area contributed by atoms with Crippen LogP contribution in [0.5, 0.6) is 23.3 Å². The fraction of sp³-hybridized carbons (Fsp3) is 0.412. The third kappa shape index (κ3) is 7.24. The van der Waals surface area contributed by atoms with Crippen molar-refractivity contribution in [2.24, 2.45) is 0 Å². The van der Waals surface area contributed by atoms with E-state index in [0.717, 1.165) is 36.3 Å². The average molecular weight is 786 g/mol. The number of halogens is 5.